The van der Waals surface area contributed by atoms with E-state index in [1.807, 2.05) is 19.9 Å². The minimum Gasteiger partial charge on any atom is -0.481 e. The quantitative estimate of drug-likeness (QED) is 0.904. The van der Waals surface area contributed by atoms with E-state index in [2.05, 4.69) is 0 Å². The van der Waals surface area contributed by atoms with Crippen molar-refractivity contribution in [1.29, 1.82) is 0 Å². The Bertz CT molecular complexity index is 488. The molecule has 0 saturated heterocycles. The number of hydrogen-bond acceptors (Lipinski definition) is 2. The van der Waals surface area contributed by atoms with E-state index < -0.39 is 5.97 Å². The zero-order chi connectivity index (χ0) is 14.6. The second kappa shape index (κ2) is 6.57. The van der Waals surface area contributed by atoms with Gasteiger partial charge in [-0.25, -0.2) is 0 Å². The maximum Gasteiger partial charge on any atom is 0.305 e. The van der Waals surface area contributed by atoms with Crippen molar-refractivity contribution in [2.45, 2.75) is 33.2 Å². The number of carbonyl (C=O) groups is 2. The molecule has 4 nitrogen and oxygen atoms in total. The van der Waals surface area contributed by atoms with Gasteiger partial charge in [0.2, 0.25) is 0 Å². The summed E-state index contributed by atoms with van der Waals surface area (Å²) in [4.78, 5) is 24.6. The maximum absolute atomic E-state index is 12.4. The molecule has 1 unspecified atom stereocenters. The number of amides is 1. The first-order chi connectivity index (χ1) is 8.86. The van der Waals surface area contributed by atoms with Crippen molar-refractivity contribution in [3.63, 3.8) is 0 Å². The summed E-state index contributed by atoms with van der Waals surface area (Å²) in [6.07, 6.45) is -0.0803. The van der Waals surface area contributed by atoms with Gasteiger partial charge < -0.3 is 10.0 Å². The van der Waals surface area contributed by atoms with Crippen LogP contribution in [0.4, 0.5) is 0 Å². The molecule has 0 heterocycles. The fourth-order valence-electron chi connectivity index (χ4n) is 1.97. The van der Waals surface area contributed by atoms with E-state index in [9.17, 15) is 9.59 Å². The average Bonchev–Trinajstić information content (AvgIpc) is 2.28. The van der Waals surface area contributed by atoms with Crippen LogP contribution in [-0.4, -0.2) is 34.5 Å². The van der Waals surface area contributed by atoms with Crippen molar-refractivity contribution in [3.8, 4) is 0 Å². The summed E-state index contributed by atoms with van der Waals surface area (Å²) in [5.41, 5.74) is 1.38. The summed E-state index contributed by atoms with van der Waals surface area (Å²) in [7, 11) is 0. The molecule has 1 amide bonds. The van der Waals surface area contributed by atoms with Gasteiger partial charge in [-0.05, 0) is 38.5 Å². The molecule has 0 aliphatic carbocycles. The molecular formula is C14H18ClNO3. The molecule has 0 fully saturated rings. The van der Waals surface area contributed by atoms with E-state index in [0.29, 0.717) is 17.1 Å². The van der Waals surface area contributed by atoms with Gasteiger partial charge in [0.05, 0.1) is 17.0 Å². The van der Waals surface area contributed by atoms with E-state index in [4.69, 9.17) is 16.7 Å². The number of aryl methyl sites for hydroxylation is 1. The van der Waals surface area contributed by atoms with Crippen LogP contribution in [0.5, 0.6) is 0 Å². The Morgan fingerprint density at radius 1 is 1.42 bits per heavy atom. The predicted molar refractivity (Wildman–Crippen MR) is 74.6 cm³/mol. The molecule has 0 spiro atoms. The number of rotatable bonds is 5. The van der Waals surface area contributed by atoms with Crippen LogP contribution in [0.3, 0.4) is 0 Å². The summed E-state index contributed by atoms with van der Waals surface area (Å²) < 4.78 is 0. The Morgan fingerprint density at radius 2 is 2.05 bits per heavy atom. The number of halogens is 1. The normalized spacial score (nSPS) is 12.0. The lowest BCUT2D eigenvalue weighted by Crippen LogP contribution is -2.39. The van der Waals surface area contributed by atoms with Crippen LogP contribution >= 0.6 is 11.6 Å². The van der Waals surface area contributed by atoms with Gasteiger partial charge in [-0.3, -0.25) is 9.59 Å². The number of carboxylic acid groups (broad SMARTS) is 1. The highest BCUT2D eigenvalue weighted by atomic mass is 35.5. The fraction of sp³-hybridized carbons (Fsp3) is 0.429. The monoisotopic (exact) mass is 283 g/mol. The SMILES string of the molecule is CCN(C(=O)c1ccc(C)cc1Cl)C(C)CC(=O)O. The highest BCUT2D eigenvalue weighted by molar-refractivity contribution is 6.33. The smallest absolute Gasteiger partial charge is 0.305 e. The van der Waals surface area contributed by atoms with Crippen molar-refractivity contribution < 1.29 is 14.7 Å². The van der Waals surface area contributed by atoms with Crippen LogP contribution in [0.1, 0.15) is 36.2 Å². The van der Waals surface area contributed by atoms with Gasteiger partial charge in [-0.15, -0.1) is 0 Å². The molecule has 0 bridgehead atoms. The van der Waals surface area contributed by atoms with Gasteiger partial charge in [0.15, 0.2) is 0 Å². The summed E-state index contributed by atoms with van der Waals surface area (Å²) in [6.45, 7) is 5.87. The average molecular weight is 284 g/mol. The van der Waals surface area contributed by atoms with E-state index in [1.54, 1.807) is 19.1 Å². The first-order valence-electron chi connectivity index (χ1n) is 6.15. The number of benzene rings is 1. The third kappa shape index (κ3) is 3.96. The van der Waals surface area contributed by atoms with E-state index in [0.717, 1.165) is 5.56 Å². The van der Waals surface area contributed by atoms with E-state index in [1.165, 1.54) is 4.90 Å². The zero-order valence-electron chi connectivity index (χ0n) is 11.3. The van der Waals surface area contributed by atoms with Gasteiger partial charge in [0.25, 0.3) is 5.91 Å². The van der Waals surface area contributed by atoms with Crippen LogP contribution in [0, 0.1) is 6.92 Å². The second-order valence-electron chi connectivity index (χ2n) is 4.52. The molecule has 0 radical (unpaired) electrons. The number of aliphatic carboxylic acids is 1. The Hall–Kier alpha value is -1.55. The molecule has 0 saturated carbocycles. The van der Waals surface area contributed by atoms with E-state index in [-0.39, 0.29) is 18.4 Å². The predicted octanol–water partition coefficient (Wildman–Crippen LogP) is 2.97. The number of nitrogens with zero attached hydrogens (tertiary/aromatic N) is 1. The van der Waals surface area contributed by atoms with Gasteiger partial charge in [0, 0.05) is 12.6 Å². The van der Waals surface area contributed by atoms with Crippen molar-refractivity contribution in [1.82, 2.24) is 4.90 Å². The molecule has 0 aliphatic rings. The minimum absolute atomic E-state index is 0.0803. The topological polar surface area (TPSA) is 57.6 Å². The third-order valence-corrected chi connectivity index (χ3v) is 3.27. The summed E-state index contributed by atoms with van der Waals surface area (Å²) in [6, 6.07) is 4.85. The van der Waals surface area contributed by atoms with Gasteiger partial charge >= 0.3 is 5.97 Å². The van der Waals surface area contributed by atoms with E-state index >= 15 is 0 Å². The Labute approximate surface area is 118 Å². The molecule has 0 aromatic heterocycles. The van der Waals surface area contributed by atoms with Crippen LogP contribution in [0.15, 0.2) is 18.2 Å². The fourth-order valence-corrected chi connectivity index (χ4v) is 2.28. The van der Waals surface area contributed by atoms with Crippen LogP contribution in [0.2, 0.25) is 5.02 Å². The summed E-state index contributed by atoms with van der Waals surface area (Å²) in [5.74, 6) is -1.16. The molecule has 19 heavy (non-hydrogen) atoms. The van der Waals surface area contributed by atoms with Crippen molar-refractivity contribution in [2.75, 3.05) is 6.54 Å². The number of hydrogen-bond donors (Lipinski definition) is 1. The van der Waals surface area contributed by atoms with Gasteiger partial charge in [-0.2, -0.15) is 0 Å². The van der Waals surface area contributed by atoms with Crippen molar-refractivity contribution in [3.05, 3.63) is 34.3 Å². The number of carboxylic acids is 1. The van der Waals surface area contributed by atoms with Crippen LogP contribution < -0.4 is 0 Å². The largest absolute Gasteiger partial charge is 0.481 e. The Morgan fingerprint density at radius 3 is 2.53 bits per heavy atom. The van der Waals surface area contributed by atoms with Crippen molar-refractivity contribution >= 4 is 23.5 Å². The second-order valence-corrected chi connectivity index (χ2v) is 4.93. The lowest BCUT2D eigenvalue weighted by Gasteiger charge is -2.27. The van der Waals surface area contributed by atoms with Crippen LogP contribution in [0.25, 0.3) is 0 Å². The first kappa shape index (κ1) is 15.5. The molecule has 1 N–H and O–H groups in total. The molecular weight excluding hydrogens is 266 g/mol. The third-order valence-electron chi connectivity index (χ3n) is 2.96. The highest BCUT2D eigenvalue weighted by Gasteiger charge is 2.23. The highest BCUT2D eigenvalue weighted by Crippen LogP contribution is 2.20. The molecule has 0 aliphatic heterocycles. The van der Waals surface area contributed by atoms with Crippen LogP contribution in [-0.2, 0) is 4.79 Å². The molecule has 1 aromatic carbocycles. The number of carbonyl (C=O) groups excluding carboxylic acids is 1. The lowest BCUT2D eigenvalue weighted by molar-refractivity contribution is -0.138. The Kier molecular flexibility index (Phi) is 5.36. The standard InChI is InChI=1S/C14H18ClNO3/c1-4-16(10(3)8-13(17)18)14(19)11-6-5-9(2)7-12(11)15/h5-7,10H,4,8H2,1-3H3,(H,17,18). The van der Waals surface area contributed by atoms with Gasteiger partial charge in [0.1, 0.15) is 0 Å². The Balaban J connectivity index is 2.98. The first-order valence-corrected chi connectivity index (χ1v) is 6.53. The summed E-state index contributed by atoms with van der Waals surface area (Å²) >= 11 is 6.07. The minimum atomic E-state index is -0.922. The molecule has 5 heteroatoms. The van der Waals surface area contributed by atoms with Crippen molar-refractivity contribution in [2.24, 2.45) is 0 Å². The molecule has 104 valence electrons. The summed E-state index contributed by atoms with van der Waals surface area (Å²) in [5, 5.41) is 9.20. The molecule has 1 rings (SSSR count). The molecule has 1 aromatic rings. The maximum atomic E-state index is 12.4. The molecule has 1 atom stereocenters. The van der Waals surface area contributed by atoms with Gasteiger partial charge in [-0.1, -0.05) is 17.7 Å². The lowest BCUT2D eigenvalue weighted by atomic mass is 10.1. The zero-order valence-corrected chi connectivity index (χ0v) is 12.1.